The van der Waals surface area contributed by atoms with E-state index in [4.69, 9.17) is 18.9 Å². The van der Waals surface area contributed by atoms with Crippen molar-refractivity contribution in [2.24, 2.45) is 0 Å². The van der Waals surface area contributed by atoms with E-state index >= 15 is 0 Å². The Kier molecular flexibility index (Phi) is 7.55. The Morgan fingerprint density at radius 3 is 1.67 bits per heavy atom. The lowest BCUT2D eigenvalue weighted by atomic mass is 10.3. The third-order valence-corrected chi connectivity index (χ3v) is 10.7. The molecule has 1 N–H and O–H groups in total. The molecule has 192 valence electrons. The maximum absolute atomic E-state index is 12.8. The van der Waals surface area contributed by atoms with Gasteiger partial charge in [0, 0.05) is 12.8 Å². The Hall–Kier alpha value is -2.56. The van der Waals surface area contributed by atoms with E-state index in [9.17, 15) is 8.42 Å². The first kappa shape index (κ1) is 25.1. The van der Waals surface area contributed by atoms with Crippen LogP contribution in [0.3, 0.4) is 0 Å². The Morgan fingerprint density at radius 2 is 1.22 bits per heavy atom. The van der Waals surface area contributed by atoms with Gasteiger partial charge in [0.05, 0.1) is 38.2 Å². The zero-order valence-electron chi connectivity index (χ0n) is 20.1. The van der Waals surface area contributed by atoms with E-state index in [1.165, 1.54) is 0 Å². The third-order valence-electron chi connectivity index (χ3n) is 5.94. The molecule has 2 unspecified atom stereocenters. The molecule has 5 rings (SSSR count). The van der Waals surface area contributed by atoms with Crippen LogP contribution < -0.4 is 9.47 Å². The molecule has 3 aromatic carbocycles. The van der Waals surface area contributed by atoms with Crippen LogP contribution >= 0.6 is 10.3 Å². The van der Waals surface area contributed by atoms with Crippen molar-refractivity contribution in [3.8, 4) is 11.5 Å². The fourth-order valence-electron chi connectivity index (χ4n) is 4.41. The first-order valence-corrected chi connectivity index (χ1v) is 15.5. The van der Waals surface area contributed by atoms with Crippen LogP contribution in [0.2, 0.25) is 0 Å². The van der Waals surface area contributed by atoms with E-state index in [0.29, 0.717) is 24.7 Å². The molecule has 2 heterocycles. The molecule has 0 spiro atoms. The minimum Gasteiger partial charge on any atom is -0.465 e. The molecule has 2 saturated heterocycles. The average molecular weight is 532 g/mol. The highest BCUT2D eigenvalue weighted by atomic mass is 32.3. The summed E-state index contributed by atoms with van der Waals surface area (Å²) in [6.45, 7) is 1.34. The minimum atomic E-state index is -3.77. The summed E-state index contributed by atoms with van der Waals surface area (Å²) in [4.78, 5) is 2.27. The maximum atomic E-state index is 12.8. The van der Waals surface area contributed by atoms with Crippen molar-refractivity contribution in [2.45, 2.75) is 52.9 Å². The number of hydrogen-bond acceptors (Lipinski definition) is 6. The van der Waals surface area contributed by atoms with Gasteiger partial charge in [-0.3, -0.25) is 3.63 Å². The van der Waals surface area contributed by atoms with Crippen LogP contribution in [-0.4, -0.2) is 44.1 Å². The van der Waals surface area contributed by atoms with E-state index in [1.807, 2.05) is 78.9 Å². The van der Waals surface area contributed by atoms with E-state index in [-0.39, 0.29) is 12.6 Å². The first-order chi connectivity index (χ1) is 17.4. The highest BCUT2D eigenvalue weighted by molar-refractivity contribution is 8.32. The predicted molar refractivity (Wildman–Crippen MR) is 138 cm³/mol. The second kappa shape index (κ2) is 10.8. The molecular formula is C27H31O7S2+. The Bertz CT molecular complexity index is 1210. The molecule has 0 saturated carbocycles. The standard InChI is InChI=1S/C27H30O7S2/c1-35(28,29)34-36(23-11-3-2-4-12-23,24-13-5-9-21(19-24)32-26-15-7-17-30-26)25-14-6-10-22(20-25)33-27-16-8-18-31-27/h2-6,9-14,19-20,26-27H,7-8,15-18H2,1H3/p+1. The zero-order valence-corrected chi connectivity index (χ0v) is 21.7. The van der Waals surface area contributed by atoms with Gasteiger partial charge < -0.3 is 18.9 Å². The van der Waals surface area contributed by atoms with Crippen LogP contribution in [0.1, 0.15) is 25.7 Å². The molecule has 0 radical (unpaired) electrons. The molecule has 0 bridgehead atoms. The molecule has 0 aliphatic carbocycles. The SMILES string of the molecule is CS(=O)(=O)[OH+]S(c1ccccc1)(c1cccc(OC2CCCO2)c1)c1cccc(OC2CCCO2)c1. The topological polar surface area (TPSA) is 83.9 Å². The van der Waals surface area contributed by atoms with Crippen LogP contribution in [0.4, 0.5) is 0 Å². The summed E-state index contributed by atoms with van der Waals surface area (Å²) >= 11 is 0. The largest absolute Gasteiger partial charge is 0.465 e. The van der Waals surface area contributed by atoms with Crippen molar-refractivity contribution < 1.29 is 31.0 Å². The summed E-state index contributed by atoms with van der Waals surface area (Å²) in [6, 6.07) is 24.6. The van der Waals surface area contributed by atoms with Gasteiger partial charge in [-0.25, -0.2) is 0 Å². The highest BCUT2D eigenvalue weighted by Gasteiger charge is 2.42. The lowest BCUT2D eigenvalue weighted by Gasteiger charge is -2.35. The molecule has 0 amide bonds. The molecule has 7 nitrogen and oxygen atoms in total. The fraction of sp³-hybridized carbons (Fsp3) is 0.333. The van der Waals surface area contributed by atoms with Gasteiger partial charge in [-0.05, 0) is 61.4 Å². The number of ether oxygens (including phenoxy) is 4. The molecular weight excluding hydrogens is 500 g/mol. The fourth-order valence-corrected chi connectivity index (χ4v) is 9.56. The van der Waals surface area contributed by atoms with Crippen molar-refractivity contribution in [3.63, 3.8) is 0 Å². The van der Waals surface area contributed by atoms with Crippen LogP contribution in [0.5, 0.6) is 11.5 Å². The lowest BCUT2D eigenvalue weighted by Crippen LogP contribution is -2.18. The molecule has 9 heteroatoms. The second-order valence-electron chi connectivity index (χ2n) is 8.77. The number of hydrogen-bond donors (Lipinski definition) is 0. The van der Waals surface area contributed by atoms with Crippen LogP contribution in [0, 0.1) is 0 Å². The smallest absolute Gasteiger partial charge is 0.387 e. The van der Waals surface area contributed by atoms with E-state index in [0.717, 1.165) is 46.6 Å². The summed E-state index contributed by atoms with van der Waals surface area (Å²) in [5.41, 5.74) is 0. The normalized spacial score (nSPS) is 22.6. The minimum absolute atomic E-state index is 0.309. The molecule has 3 aromatic rings. The summed E-state index contributed by atoms with van der Waals surface area (Å²) in [5, 5.41) is 0. The predicted octanol–water partition coefficient (Wildman–Crippen LogP) is 5.97. The van der Waals surface area contributed by atoms with Crippen molar-refractivity contribution in [1.29, 1.82) is 0 Å². The highest BCUT2D eigenvalue weighted by Crippen LogP contribution is 2.68. The van der Waals surface area contributed by atoms with E-state index in [1.54, 1.807) is 0 Å². The quantitative estimate of drug-likeness (QED) is 0.250. The van der Waals surface area contributed by atoms with Gasteiger partial charge in [0.25, 0.3) is 0 Å². The van der Waals surface area contributed by atoms with Crippen molar-refractivity contribution >= 4 is 20.4 Å². The van der Waals surface area contributed by atoms with Gasteiger partial charge >= 0.3 is 10.1 Å². The third kappa shape index (κ3) is 5.71. The zero-order chi connectivity index (χ0) is 25.0. The van der Waals surface area contributed by atoms with Gasteiger partial charge in [0.1, 0.15) is 17.8 Å². The lowest BCUT2D eigenvalue weighted by molar-refractivity contribution is -0.0394. The molecule has 2 fully saturated rings. The van der Waals surface area contributed by atoms with Gasteiger partial charge in [-0.15, -0.1) is 0 Å². The summed E-state index contributed by atoms with van der Waals surface area (Å²) in [6.07, 6.45) is 4.05. The summed E-state index contributed by atoms with van der Waals surface area (Å²) < 4.78 is 53.7. The number of benzene rings is 3. The van der Waals surface area contributed by atoms with E-state index < -0.39 is 20.4 Å². The second-order valence-corrected chi connectivity index (χ2v) is 13.4. The van der Waals surface area contributed by atoms with Crippen molar-refractivity contribution in [3.05, 3.63) is 78.9 Å². The van der Waals surface area contributed by atoms with Gasteiger partial charge in [-0.2, -0.15) is 8.42 Å². The van der Waals surface area contributed by atoms with Crippen LogP contribution in [0.25, 0.3) is 0 Å². The van der Waals surface area contributed by atoms with Gasteiger partial charge in [-0.1, -0.05) is 30.3 Å². The summed E-state index contributed by atoms with van der Waals surface area (Å²) in [7, 11) is -6.37. The first-order valence-electron chi connectivity index (χ1n) is 12.0. The monoisotopic (exact) mass is 531 g/mol. The average Bonchev–Trinajstić information content (AvgIpc) is 3.58. The van der Waals surface area contributed by atoms with Crippen LogP contribution in [-0.2, 0) is 19.6 Å². The molecule has 2 atom stereocenters. The summed E-state index contributed by atoms with van der Waals surface area (Å²) in [5.74, 6) is 1.23. The van der Waals surface area contributed by atoms with Crippen molar-refractivity contribution in [1.82, 2.24) is 0 Å². The van der Waals surface area contributed by atoms with Crippen LogP contribution in [0.15, 0.2) is 93.5 Å². The van der Waals surface area contributed by atoms with Crippen molar-refractivity contribution in [2.75, 3.05) is 19.5 Å². The van der Waals surface area contributed by atoms with Gasteiger partial charge in [0.2, 0.25) is 0 Å². The number of rotatable bonds is 9. The maximum Gasteiger partial charge on any atom is 0.387 e. The molecule has 2 aliphatic rings. The van der Waals surface area contributed by atoms with E-state index in [2.05, 4.69) is 3.63 Å². The van der Waals surface area contributed by atoms with Gasteiger partial charge in [0.15, 0.2) is 12.6 Å². The molecule has 36 heavy (non-hydrogen) atoms. The Morgan fingerprint density at radius 1 is 0.722 bits per heavy atom. The molecule has 2 aliphatic heterocycles. The Balaban J connectivity index is 1.65. The Labute approximate surface area is 213 Å². The molecule has 0 aromatic heterocycles.